The van der Waals surface area contributed by atoms with Crippen LogP contribution in [0.4, 0.5) is 14.6 Å². The minimum absolute atomic E-state index is 0. The van der Waals surface area contributed by atoms with Gasteiger partial charge in [-0.2, -0.15) is 13.8 Å². The smallest absolute Gasteiger partial charge is 0.352 e. The molecule has 0 saturated carbocycles. The van der Waals surface area contributed by atoms with Crippen molar-refractivity contribution in [3.8, 4) is 0 Å². The first kappa shape index (κ1) is 18.5. The van der Waals surface area contributed by atoms with Gasteiger partial charge in [0.1, 0.15) is 11.4 Å². The molecule has 0 radical (unpaired) electrons. The Hall–Kier alpha value is -1.58. The lowest BCUT2D eigenvalue weighted by Crippen LogP contribution is -2.60. The molecule has 0 bridgehead atoms. The summed E-state index contributed by atoms with van der Waals surface area (Å²) in [6, 6.07) is 1.16. The summed E-state index contributed by atoms with van der Waals surface area (Å²) in [5, 5.41) is 19.5. The molecule has 1 saturated heterocycles. The van der Waals surface area contributed by atoms with E-state index in [2.05, 4.69) is 4.98 Å². The zero-order valence-corrected chi connectivity index (χ0v) is 11.8. The quantitative estimate of drug-likeness (QED) is 0.722. The summed E-state index contributed by atoms with van der Waals surface area (Å²) < 4.78 is 35.2. The molecule has 0 amide bonds. The molecule has 2 heterocycles. The lowest BCUT2D eigenvalue weighted by atomic mass is 9.81. The van der Waals surface area contributed by atoms with Gasteiger partial charge in [0.05, 0.1) is 6.61 Å². The second-order valence-corrected chi connectivity index (χ2v) is 5.63. The van der Waals surface area contributed by atoms with E-state index in [1.807, 2.05) is 0 Å². The molecular weight excluding hydrogens is 300 g/mol. The van der Waals surface area contributed by atoms with Gasteiger partial charge in [0.25, 0.3) is 0 Å². The Morgan fingerprint density at radius 2 is 1.95 bits per heavy atom. The molecule has 0 spiro atoms. The van der Waals surface area contributed by atoms with Crippen LogP contribution in [0, 0.1) is 0 Å². The third-order valence-electron chi connectivity index (χ3n) is 4.23. The molecule has 1 aliphatic heterocycles. The highest BCUT2D eigenvalue weighted by Gasteiger charge is 2.78. The van der Waals surface area contributed by atoms with Crippen LogP contribution in [0.25, 0.3) is 0 Å². The number of nitrogens with zero attached hydrogens (tertiary/aromatic N) is 2. The molecule has 3 unspecified atom stereocenters. The van der Waals surface area contributed by atoms with Crippen LogP contribution in [-0.4, -0.2) is 43.5 Å². The molecule has 9 heteroatoms. The monoisotopic (exact) mass is 321 g/mol. The predicted octanol–water partition coefficient (Wildman–Crippen LogP) is 0.302. The number of hydrogen-bond acceptors (Lipinski definition) is 6. The average Bonchev–Trinajstić information content (AvgIpc) is 2.46. The maximum Gasteiger partial charge on any atom is 0.352 e. The number of ether oxygens (including phenoxy) is 1. The van der Waals surface area contributed by atoms with Gasteiger partial charge in [-0.3, -0.25) is 4.57 Å². The normalized spacial score (nSPS) is 36.9. The van der Waals surface area contributed by atoms with E-state index in [-0.39, 0.29) is 13.2 Å². The fourth-order valence-corrected chi connectivity index (χ4v) is 2.51. The maximum absolute atomic E-state index is 14.7. The second-order valence-electron chi connectivity index (χ2n) is 5.63. The van der Waals surface area contributed by atoms with Crippen LogP contribution >= 0.6 is 0 Å². The molecule has 1 aromatic rings. The van der Waals surface area contributed by atoms with Gasteiger partial charge in [0.15, 0.2) is 5.60 Å². The minimum Gasteiger partial charge on any atom is -0.393 e. The fourth-order valence-electron chi connectivity index (χ4n) is 2.51. The Kier molecular flexibility index (Phi) is 4.17. The second kappa shape index (κ2) is 4.97. The summed E-state index contributed by atoms with van der Waals surface area (Å²) in [5.74, 6) is -4.00. The van der Waals surface area contributed by atoms with Gasteiger partial charge in [-0.25, -0.2) is 4.79 Å². The Labute approximate surface area is 126 Å². The molecule has 126 valence electrons. The summed E-state index contributed by atoms with van der Waals surface area (Å²) in [7, 11) is 0. The number of aromatic nitrogens is 2. The predicted molar refractivity (Wildman–Crippen MR) is 75.4 cm³/mol. The van der Waals surface area contributed by atoms with E-state index in [0.29, 0.717) is 4.57 Å². The standard InChI is InChI=1S/C12H17F2N3O4.CH4/c1-9(6-18)10(2,20)12(13,14)11(3,21-9)17-5-4-7(15)16-8(17)19;/h4-5,18,20H,6H2,1-3H3,(H2,15,16,19);1H4. The summed E-state index contributed by atoms with van der Waals surface area (Å²) in [6.45, 7) is 2.08. The Balaban J connectivity index is 0.00000242. The largest absolute Gasteiger partial charge is 0.393 e. The molecule has 0 aromatic carbocycles. The lowest BCUT2D eigenvalue weighted by Gasteiger charge is -2.36. The SMILES string of the molecule is C.CC1(CO)OC(C)(n2ccc(N)nc2=O)C(F)(F)C1(C)O. The Morgan fingerprint density at radius 3 is 2.36 bits per heavy atom. The van der Waals surface area contributed by atoms with Gasteiger partial charge < -0.3 is 20.7 Å². The van der Waals surface area contributed by atoms with Gasteiger partial charge in [0.2, 0.25) is 5.72 Å². The van der Waals surface area contributed by atoms with Crippen LogP contribution in [0.15, 0.2) is 17.1 Å². The number of hydrogen-bond donors (Lipinski definition) is 3. The van der Waals surface area contributed by atoms with Crippen molar-refractivity contribution in [3.63, 3.8) is 0 Å². The van der Waals surface area contributed by atoms with Crippen molar-refractivity contribution in [1.82, 2.24) is 9.55 Å². The van der Waals surface area contributed by atoms with E-state index in [1.54, 1.807) is 0 Å². The molecule has 3 atom stereocenters. The molecule has 0 aliphatic carbocycles. The number of nitrogens with two attached hydrogens (primary N) is 1. The van der Waals surface area contributed by atoms with Crippen LogP contribution in [-0.2, 0) is 10.5 Å². The lowest BCUT2D eigenvalue weighted by molar-refractivity contribution is -0.227. The number of aliphatic hydroxyl groups excluding tert-OH is 1. The van der Waals surface area contributed by atoms with Crippen molar-refractivity contribution >= 4 is 5.82 Å². The molecule has 1 fully saturated rings. The van der Waals surface area contributed by atoms with Crippen molar-refractivity contribution in [3.05, 3.63) is 22.7 Å². The van der Waals surface area contributed by atoms with Crippen LogP contribution < -0.4 is 11.4 Å². The highest BCUT2D eigenvalue weighted by atomic mass is 19.3. The van der Waals surface area contributed by atoms with Gasteiger partial charge in [0, 0.05) is 6.20 Å². The van der Waals surface area contributed by atoms with Crippen LogP contribution in [0.2, 0.25) is 0 Å². The number of nitrogen functional groups attached to an aromatic ring is 1. The van der Waals surface area contributed by atoms with E-state index in [4.69, 9.17) is 10.5 Å². The van der Waals surface area contributed by atoms with Crippen molar-refractivity contribution in [2.45, 2.75) is 51.0 Å². The van der Waals surface area contributed by atoms with Gasteiger partial charge in [-0.1, -0.05) is 7.43 Å². The number of rotatable bonds is 2. The third-order valence-corrected chi connectivity index (χ3v) is 4.23. The van der Waals surface area contributed by atoms with Gasteiger partial charge >= 0.3 is 11.6 Å². The minimum atomic E-state index is -3.88. The van der Waals surface area contributed by atoms with E-state index in [9.17, 15) is 23.8 Å². The fraction of sp³-hybridized carbons (Fsp3) is 0.692. The zero-order valence-electron chi connectivity index (χ0n) is 11.8. The van der Waals surface area contributed by atoms with Crippen molar-refractivity contribution < 1.29 is 23.7 Å². The molecule has 1 aliphatic rings. The number of aliphatic hydroxyl groups is 2. The summed E-state index contributed by atoms with van der Waals surface area (Å²) in [5.41, 5.74) is -2.91. The van der Waals surface area contributed by atoms with Crippen LogP contribution in [0.1, 0.15) is 28.2 Å². The van der Waals surface area contributed by atoms with E-state index in [1.165, 1.54) is 0 Å². The van der Waals surface area contributed by atoms with Crippen LogP contribution in [0.5, 0.6) is 0 Å². The van der Waals surface area contributed by atoms with E-state index in [0.717, 1.165) is 33.0 Å². The number of alkyl halides is 2. The molecule has 4 N–H and O–H groups in total. The Morgan fingerprint density at radius 1 is 1.41 bits per heavy atom. The number of anilines is 1. The molecular formula is C13H21F2N3O4. The molecule has 1 aromatic heterocycles. The van der Waals surface area contributed by atoms with E-state index >= 15 is 0 Å². The van der Waals surface area contributed by atoms with Crippen molar-refractivity contribution in [2.24, 2.45) is 0 Å². The summed E-state index contributed by atoms with van der Waals surface area (Å²) >= 11 is 0. The molecule has 22 heavy (non-hydrogen) atoms. The summed E-state index contributed by atoms with van der Waals surface area (Å²) in [4.78, 5) is 15.2. The Bertz CT molecular complexity index is 634. The molecule has 7 nitrogen and oxygen atoms in total. The topological polar surface area (TPSA) is 111 Å². The maximum atomic E-state index is 14.7. The van der Waals surface area contributed by atoms with Gasteiger partial charge in [-0.05, 0) is 26.8 Å². The summed E-state index contributed by atoms with van der Waals surface area (Å²) in [6.07, 6.45) is 1.01. The highest BCUT2D eigenvalue weighted by molar-refractivity contribution is 5.25. The zero-order chi connectivity index (χ0) is 16.3. The van der Waals surface area contributed by atoms with Crippen molar-refractivity contribution in [1.29, 1.82) is 0 Å². The highest BCUT2D eigenvalue weighted by Crippen LogP contribution is 2.57. The first-order chi connectivity index (χ1) is 9.43. The third kappa shape index (κ3) is 1.96. The number of halogens is 2. The first-order valence-corrected chi connectivity index (χ1v) is 6.20. The molecule has 2 rings (SSSR count). The first-order valence-electron chi connectivity index (χ1n) is 6.20. The average molecular weight is 321 g/mol. The van der Waals surface area contributed by atoms with Crippen molar-refractivity contribution in [2.75, 3.05) is 12.3 Å². The van der Waals surface area contributed by atoms with E-state index < -0.39 is 35.1 Å². The van der Waals surface area contributed by atoms with Gasteiger partial charge in [-0.15, -0.1) is 0 Å². The van der Waals surface area contributed by atoms with Crippen LogP contribution in [0.3, 0.4) is 0 Å².